The van der Waals surface area contributed by atoms with Crippen LogP contribution in [0.15, 0.2) is 0 Å². The van der Waals surface area contributed by atoms with Crippen LogP contribution in [0.25, 0.3) is 0 Å². The van der Waals surface area contributed by atoms with Crippen molar-refractivity contribution in [1.82, 2.24) is 0 Å². The lowest BCUT2D eigenvalue weighted by Gasteiger charge is -2.27. The smallest absolute Gasteiger partial charge is 0.374 e. The van der Waals surface area contributed by atoms with E-state index in [4.69, 9.17) is 18.7 Å². The van der Waals surface area contributed by atoms with Gasteiger partial charge in [-0.3, -0.25) is 0 Å². The molecule has 0 spiro atoms. The second-order valence-electron chi connectivity index (χ2n) is 4.90. The monoisotopic (exact) mass is 303 g/mol. The molecule has 0 aromatic rings. The molecule has 0 aromatic carbocycles. The molecule has 0 radical (unpaired) electrons. The van der Waals surface area contributed by atoms with Crippen LogP contribution < -0.4 is 0 Å². The van der Waals surface area contributed by atoms with Gasteiger partial charge in [0, 0.05) is 31.6 Å². The number of hydrogen-bond acceptors (Lipinski definition) is 4. The Kier molecular flexibility index (Phi) is 12.4. The first-order valence-electron chi connectivity index (χ1n) is 8.12. The lowest BCUT2D eigenvalue weighted by molar-refractivity contribution is 0.0712. The van der Waals surface area contributed by atoms with Gasteiger partial charge in [0.15, 0.2) is 0 Å². The molecular weight excluding hydrogens is 270 g/mol. The maximum absolute atomic E-state index is 7.19. The molecule has 0 saturated heterocycles. The molecule has 0 atom stereocenters. The highest BCUT2D eigenvalue weighted by atomic mass is 28.4. The molecule has 5 heteroatoms. The predicted molar refractivity (Wildman–Crippen MR) is 86.5 cm³/mol. The van der Waals surface area contributed by atoms with Gasteiger partial charge in [0.1, 0.15) is 0 Å². The van der Waals surface area contributed by atoms with Gasteiger partial charge >= 0.3 is 8.80 Å². The van der Waals surface area contributed by atoms with Crippen LogP contribution in [0.1, 0.15) is 66.2 Å². The van der Waals surface area contributed by atoms with Crippen molar-refractivity contribution in [2.24, 2.45) is 0 Å². The number of nitrogens with one attached hydrogen (secondary N) is 1. The molecule has 1 aliphatic carbocycles. The van der Waals surface area contributed by atoms with Crippen LogP contribution in [0.5, 0.6) is 0 Å². The molecule has 1 aliphatic rings. The molecule has 20 heavy (non-hydrogen) atoms. The van der Waals surface area contributed by atoms with Crippen LogP contribution in [-0.2, 0) is 13.3 Å². The Bertz CT molecular complexity index is 212. The van der Waals surface area contributed by atoms with Crippen molar-refractivity contribution >= 4 is 14.5 Å². The summed E-state index contributed by atoms with van der Waals surface area (Å²) in [6.45, 7) is 10.1. The van der Waals surface area contributed by atoms with Gasteiger partial charge < -0.3 is 18.7 Å². The molecule has 1 N–H and O–H groups in total. The third kappa shape index (κ3) is 8.84. The molecule has 0 heterocycles. The van der Waals surface area contributed by atoms with E-state index in [1.807, 2.05) is 20.8 Å². The van der Waals surface area contributed by atoms with Crippen molar-refractivity contribution < 1.29 is 13.3 Å². The Hall–Kier alpha value is -0.233. The molecule has 0 amide bonds. The zero-order valence-corrected chi connectivity index (χ0v) is 14.8. The van der Waals surface area contributed by atoms with E-state index >= 15 is 0 Å². The van der Waals surface area contributed by atoms with E-state index in [9.17, 15) is 0 Å². The van der Waals surface area contributed by atoms with Crippen molar-refractivity contribution in [2.45, 2.75) is 72.3 Å². The second-order valence-corrected chi connectivity index (χ2v) is 7.63. The van der Waals surface area contributed by atoms with E-state index in [-0.39, 0.29) is 0 Å². The standard InChI is InChI=1S/C9H22O3Si.C6H11N/c1-5-9-13(10-6-2,11-7-3)12-8-4;7-6-4-2-1-3-5-6/h5-9H2,1-4H3;7H,1-5H2. The Morgan fingerprint density at radius 1 is 0.850 bits per heavy atom. The summed E-state index contributed by atoms with van der Waals surface area (Å²) in [5, 5.41) is 7.19. The molecule has 0 aromatic heterocycles. The second kappa shape index (κ2) is 12.5. The van der Waals surface area contributed by atoms with Gasteiger partial charge in [0.25, 0.3) is 0 Å². The average molecular weight is 304 g/mol. The first kappa shape index (κ1) is 19.8. The van der Waals surface area contributed by atoms with Gasteiger partial charge in [-0.05, 0) is 46.5 Å². The molecule has 1 saturated carbocycles. The summed E-state index contributed by atoms with van der Waals surface area (Å²) < 4.78 is 16.9. The fraction of sp³-hybridized carbons (Fsp3) is 0.933. The molecule has 120 valence electrons. The topological polar surface area (TPSA) is 51.5 Å². The minimum atomic E-state index is -2.30. The Balaban J connectivity index is 0.000000428. The average Bonchev–Trinajstić information content (AvgIpc) is 2.41. The summed E-state index contributed by atoms with van der Waals surface area (Å²) >= 11 is 0. The largest absolute Gasteiger partial charge is 0.500 e. The van der Waals surface area contributed by atoms with Crippen molar-refractivity contribution in [3.63, 3.8) is 0 Å². The molecule has 0 aliphatic heterocycles. The van der Waals surface area contributed by atoms with Gasteiger partial charge in [-0.2, -0.15) is 0 Å². The van der Waals surface area contributed by atoms with E-state index in [1.165, 1.54) is 19.3 Å². The Morgan fingerprint density at radius 2 is 1.30 bits per heavy atom. The lowest BCUT2D eigenvalue weighted by Crippen LogP contribution is -2.45. The molecule has 0 unspecified atom stereocenters. The summed E-state index contributed by atoms with van der Waals surface area (Å²) in [5.41, 5.74) is 0.964. The van der Waals surface area contributed by atoms with Gasteiger partial charge in [-0.25, -0.2) is 0 Å². The van der Waals surface area contributed by atoms with Crippen LogP contribution in [0.2, 0.25) is 6.04 Å². The maximum Gasteiger partial charge on any atom is 0.500 e. The van der Waals surface area contributed by atoms with Gasteiger partial charge in [0.2, 0.25) is 0 Å². The van der Waals surface area contributed by atoms with Gasteiger partial charge in [-0.15, -0.1) is 0 Å². The highest BCUT2D eigenvalue weighted by Crippen LogP contribution is 2.17. The molecule has 1 fully saturated rings. The van der Waals surface area contributed by atoms with Crippen molar-refractivity contribution in [3.8, 4) is 0 Å². The Morgan fingerprint density at radius 3 is 1.55 bits per heavy atom. The summed E-state index contributed by atoms with van der Waals surface area (Å²) in [7, 11) is -2.30. The van der Waals surface area contributed by atoms with E-state index in [1.54, 1.807) is 0 Å². The van der Waals surface area contributed by atoms with E-state index in [0.717, 1.165) is 31.0 Å². The summed E-state index contributed by atoms with van der Waals surface area (Å²) in [6.07, 6.45) is 7.06. The predicted octanol–water partition coefficient (Wildman–Crippen LogP) is 4.42. The van der Waals surface area contributed by atoms with E-state index < -0.39 is 8.80 Å². The van der Waals surface area contributed by atoms with E-state index in [0.29, 0.717) is 19.8 Å². The fourth-order valence-electron chi connectivity index (χ4n) is 2.29. The zero-order valence-electron chi connectivity index (χ0n) is 13.8. The molecule has 0 bridgehead atoms. The number of hydrogen-bond donors (Lipinski definition) is 1. The minimum absolute atomic E-state index is 0.673. The zero-order chi connectivity index (χ0) is 15.3. The van der Waals surface area contributed by atoms with Crippen LogP contribution >= 0.6 is 0 Å². The minimum Gasteiger partial charge on any atom is -0.374 e. The summed E-state index contributed by atoms with van der Waals surface area (Å²) in [4.78, 5) is 0. The quantitative estimate of drug-likeness (QED) is 0.675. The normalized spacial score (nSPS) is 15.7. The van der Waals surface area contributed by atoms with Gasteiger partial charge in [0.05, 0.1) is 0 Å². The van der Waals surface area contributed by atoms with Crippen molar-refractivity contribution in [2.75, 3.05) is 19.8 Å². The molecule has 4 nitrogen and oxygen atoms in total. The van der Waals surface area contributed by atoms with Gasteiger partial charge in [-0.1, -0.05) is 19.8 Å². The third-order valence-corrected chi connectivity index (χ3v) is 6.40. The van der Waals surface area contributed by atoms with Crippen LogP contribution in [-0.4, -0.2) is 34.3 Å². The van der Waals surface area contributed by atoms with Crippen molar-refractivity contribution in [3.05, 3.63) is 0 Å². The van der Waals surface area contributed by atoms with Crippen LogP contribution in [0, 0.1) is 5.41 Å². The van der Waals surface area contributed by atoms with Crippen LogP contribution in [0.4, 0.5) is 0 Å². The highest BCUT2D eigenvalue weighted by molar-refractivity contribution is 6.60. The van der Waals surface area contributed by atoms with Crippen LogP contribution in [0.3, 0.4) is 0 Å². The first-order valence-corrected chi connectivity index (χ1v) is 10.0. The lowest BCUT2D eigenvalue weighted by atomic mass is 9.99. The van der Waals surface area contributed by atoms with E-state index in [2.05, 4.69) is 6.92 Å². The molecular formula is C15H33NO3Si. The number of rotatable bonds is 8. The summed E-state index contributed by atoms with van der Waals surface area (Å²) in [5.74, 6) is 0. The SMILES string of the molecule is CCC[Si](OCC)(OCC)OCC.N=C1CCCCC1. The maximum atomic E-state index is 7.19. The van der Waals surface area contributed by atoms with Crippen molar-refractivity contribution in [1.29, 1.82) is 5.41 Å². The molecule has 1 rings (SSSR count). The summed E-state index contributed by atoms with van der Waals surface area (Å²) in [6, 6.07) is 0.919. The first-order chi connectivity index (χ1) is 9.64. The fourth-order valence-corrected chi connectivity index (χ4v) is 4.90. The highest BCUT2D eigenvalue weighted by Gasteiger charge is 2.38. The third-order valence-electron chi connectivity index (χ3n) is 3.11. The Labute approximate surface area is 126 Å².